The zero-order valence-corrected chi connectivity index (χ0v) is 8.52. The lowest BCUT2D eigenvalue weighted by Crippen LogP contribution is -2.11. The summed E-state index contributed by atoms with van der Waals surface area (Å²) in [6.45, 7) is 1.94. The molecule has 0 spiro atoms. The third-order valence-corrected chi connectivity index (χ3v) is 2.18. The maximum absolute atomic E-state index is 10.9. The molecule has 0 aliphatic heterocycles. The van der Waals surface area contributed by atoms with E-state index in [9.17, 15) is 4.79 Å². The molecule has 5 nitrogen and oxygen atoms in total. The van der Waals surface area contributed by atoms with E-state index in [1.807, 2.05) is 6.92 Å². The molecule has 0 bridgehead atoms. The number of hydrogen-bond donors (Lipinski definition) is 1. The molecule has 1 rings (SSSR count). The van der Waals surface area contributed by atoms with Crippen LogP contribution in [-0.2, 0) is 11.8 Å². The van der Waals surface area contributed by atoms with Crippen LogP contribution in [0.15, 0.2) is 6.20 Å². The van der Waals surface area contributed by atoms with Crippen molar-refractivity contribution in [2.75, 3.05) is 7.11 Å². The second-order valence-corrected chi connectivity index (χ2v) is 3.00. The SMILES string of the molecule is CCC(OC)c1c(C(=O)O)cnn1C. The first kappa shape index (κ1) is 10.7. The summed E-state index contributed by atoms with van der Waals surface area (Å²) < 4.78 is 6.73. The van der Waals surface area contributed by atoms with Crippen molar-refractivity contribution in [2.24, 2.45) is 7.05 Å². The standard InChI is InChI=1S/C9H14N2O3/c1-4-7(14-3)8-6(9(12)13)5-10-11(8)2/h5,7H,4H2,1-3H3,(H,12,13). The summed E-state index contributed by atoms with van der Waals surface area (Å²) >= 11 is 0. The summed E-state index contributed by atoms with van der Waals surface area (Å²) in [5, 5.41) is 12.8. The fraction of sp³-hybridized carbons (Fsp3) is 0.556. The summed E-state index contributed by atoms with van der Waals surface area (Å²) in [6, 6.07) is 0. The molecule has 1 atom stereocenters. The van der Waals surface area contributed by atoms with Gasteiger partial charge in [0.2, 0.25) is 0 Å². The van der Waals surface area contributed by atoms with Crippen LogP contribution in [0.2, 0.25) is 0 Å². The molecule has 78 valence electrons. The number of carbonyl (C=O) groups is 1. The summed E-state index contributed by atoms with van der Waals surface area (Å²) in [5.41, 5.74) is 0.823. The van der Waals surface area contributed by atoms with Crippen LogP contribution in [-0.4, -0.2) is 28.0 Å². The Morgan fingerprint density at radius 1 is 1.79 bits per heavy atom. The van der Waals surface area contributed by atoms with Gasteiger partial charge in [-0.2, -0.15) is 5.10 Å². The third kappa shape index (κ3) is 1.77. The van der Waals surface area contributed by atoms with E-state index in [4.69, 9.17) is 9.84 Å². The van der Waals surface area contributed by atoms with Gasteiger partial charge in [-0.3, -0.25) is 4.68 Å². The molecule has 0 fully saturated rings. The topological polar surface area (TPSA) is 64.3 Å². The van der Waals surface area contributed by atoms with Crippen molar-refractivity contribution in [3.05, 3.63) is 17.5 Å². The van der Waals surface area contributed by atoms with E-state index >= 15 is 0 Å². The molecule has 1 unspecified atom stereocenters. The zero-order valence-electron chi connectivity index (χ0n) is 8.52. The van der Waals surface area contributed by atoms with Crippen LogP contribution in [0.4, 0.5) is 0 Å². The number of aromatic carboxylic acids is 1. The summed E-state index contributed by atoms with van der Waals surface area (Å²) in [5.74, 6) is -0.969. The minimum absolute atomic E-state index is 0.209. The lowest BCUT2D eigenvalue weighted by Gasteiger charge is -2.14. The Morgan fingerprint density at radius 3 is 2.86 bits per heavy atom. The molecule has 14 heavy (non-hydrogen) atoms. The lowest BCUT2D eigenvalue weighted by molar-refractivity contribution is 0.0669. The molecular formula is C9H14N2O3. The number of carboxylic acid groups (broad SMARTS) is 1. The van der Waals surface area contributed by atoms with Gasteiger partial charge in [0, 0.05) is 14.2 Å². The normalized spacial score (nSPS) is 12.8. The maximum Gasteiger partial charge on any atom is 0.339 e. The van der Waals surface area contributed by atoms with Crippen molar-refractivity contribution in [3.63, 3.8) is 0 Å². The average molecular weight is 198 g/mol. The van der Waals surface area contributed by atoms with Gasteiger partial charge in [0.25, 0.3) is 0 Å². The van der Waals surface area contributed by atoms with E-state index in [0.717, 1.165) is 6.42 Å². The van der Waals surface area contributed by atoms with Gasteiger partial charge in [0.05, 0.1) is 18.0 Å². The lowest BCUT2D eigenvalue weighted by atomic mass is 10.1. The second kappa shape index (κ2) is 4.23. The van der Waals surface area contributed by atoms with Gasteiger partial charge >= 0.3 is 5.97 Å². The monoisotopic (exact) mass is 198 g/mol. The van der Waals surface area contributed by atoms with Gasteiger partial charge in [-0.1, -0.05) is 6.92 Å². The quantitative estimate of drug-likeness (QED) is 0.789. The smallest absolute Gasteiger partial charge is 0.339 e. The van der Waals surface area contributed by atoms with Gasteiger partial charge in [0.15, 0.2) is 0 Å². The van der Waals surface area contributed by atoms with Gasteiger partial charge in [-0.15, -0.1) is 0 Å². The minimum atomic E-state index is -0.969. The van der Waals surface area contributed by atoms with Crippen molar-refractivity contribution in [1.82, 2.24) is 9.78 Å². The molecule has 0 saturated carbocycles. The maximum atomic E-state index is 10.9. The van der Waals surface area contributed by atoms with E-state index < -0.39 is 5.97 Å². The molecule has 0 aliphatic rings. The molecule has 5 heteroatoms. The highest BCUT2D eigenvalue weighted by molar-refractivity contribution is 5.88. The molecule has 0 aromatic carbocycles. The van der Waals surface area contributed by atoms with Crippen molar-refractivity contribution in [1.29, 1.82) is 0 Å². The van der Waals surface area contributed by atoms with Gasteiger partial charge in [-0.25, -0.2) is 4.79 Å². The fourth-order valence-corrected chi connectivity index (χ4v) is 1.47. The van der Waals surface area contributed by atoms with Crippen LogP contribution in [0, 0.1) is 0 Å². The number of carboxylic acids is 1. The Balaban J connectivity index is 3.15. The van der Waals surface area contributed by atoms with Crippen LogP contribution in [0.25, 0.3) is 0 Å². The molecule has 0 aliphatic carbocycles. The van der Waals surface area contributed by atoms with E-state index in [1.54, 1.807) is 18.8 Å². The highest BCUT2D eigenvalue weighted by Crippen LogP contribution is 2.23. The first-order valence-corrected chi connectivity index (χ1v) is 4.39. The highest BCUT2D eigenvalue weighted by Gasteiger charge is 2.21. The minimum Gasteiger partial charge on any atom is -0.478 e. The van der Waals surface area contributed by atoms with Crippen LogP contribution in [0.3, 0.4) is 0 Å². The van der Waals surface area contributed by atoms with Crippen molar-refractivity contribution >= 4 is 5.97 Å². The number of methoxy groups -OCH3 is 1. The molecule has 1 heterocycles. The summed E-state index contributed by atoms with van der Waals surface area (Å²) in [7, 11) is 3.27. The molecule has 1 aromatic rings. The Kier molecular flexibility index (Phi) is 3.24. The Labute approximate surface area is 82.3 Å². The molecule has 0 saturated heterocycles. The zero-order chi connectivity index (χ0) is 10.7. The molecular weight excluding hydrogens is 184 g/mol. The van der Waals surface area contributed by atoms with Crippen LogP contribution >= 0.6 is 0 Å². The van der Waals surface area contributed by atoms with Crippen molar-refractivity contribution in [3.8, 4) is 0 Å². The number of rotatable bonds is 4. The van der Waals surface area contributed by atoms with Crippen LogP contribution in [0.1, 0.15) is 35.5 Å². The Morgan fingerprint density at radius 2 is 2.43 bits per heavy atom. The van der Waals surface area contributed by atoms with Crippen molar-refractivity contribution in [2.45, 2.75) is 19.4 Å². The van der Waals surface area contributed by atoms with Gasteiger partial charge in [0.1, 0.15) is 5.56 Å². The Hall–Kier alpha value is -1.36. The van der Waals surface area contributed by atoms with Crippen molar-refractivity contribution < 1.29 is 14.6 Å². The third-order valence-electron chi connectivity index (χ3n) is 2.18. The molecule has 0 amide bonds. The van der Waals surface area contributed by atoms with Gasteiger partial charge < -0.3 is 9.84 Å². The predicted molar refractivity (Wildman–Crippen MR) is 50.2 cm³/mol. The summed E-state index contributed by atoms with van der Waals surface area (Å²) in [6.07, 6.45) is 1.85. The first-order chi connectivity index (χ1) is 6.61. The first-order valence-electron chi connectivity index (χ1n) is 4.39. The Bertz CT molecular complexity index is 329. The van der Waals surface area contributed by atoms with E-state index in [-0.39, 0.29) is 11.7 Å². The highest BCUT2D eigenvalue weighted by atomic mass is 16.5. The predicted octanol–water partition coefficient (Wildman–Crippen LogP) is 1.22. The van der Waals surface area contributed by atoms with Crippen LogP contribution < -0.4 is 0 Å². The van der Waals surface area contributed by atoms with E-state index in [0.29, 0.717) is 5.69 Å². The average Bonchev–Trinajstić information content (AvgIpc) is 2.51. The fourth-order valence-electron chi connectivity index (χ4n) is 1.47. The molecule has 0 radical (unpaired) electrons. The number of aromatic nitrogens is 2. The van der Waals surface area contributed by atoms with Crippen LogP contribution in [0.5, 0.6) is 0 Å². The van der Waals surface area contributed by atoms with E-state index in [2.05, 4.69) is 5.10 Å². The number of nitrogens with zero attached hydrogens (tertiary/aromatic N) is 2. The van der Waals surface area contributed by atoms with E-state index in [1.165, 1.54) is 6.20 Å². The number of hydrogen-bond acceptors (Lipinski definition) is 3. The summed E-state index contributed by atoms with van der Waals surface area (Å²) in [4.78, 5) is 10.9. The molecule has 1 N–H and O–H groups in total. The second-order valence-electron chi connectivity index (χ2n) is 3.00. The molecule has 1 aromatic heterocycles. The van der Waals surface area contributed by atoms with Gasteiger partial charge in [-0.05, 0) is 6.42 Å². The largest absolute Gasteiger partial charge is 0.478 e. The number of aryl methyl sites for hydroxylation is 1. The number of ether oxygens (including phenoxy) is 1.